The topological polar surface area (TPSA) is 71.5 Å². The van der Waals surface area contributed by atoms with Gasteiger partial charge in [-0.15, -0.1) is 0 Å². The molecule has 2 N–H and O–H groups in total. The van der Waals surface area contributed by atoms with E-state index in [1.165, 1.54) is 0 Å². The second-order valence-electron chi connectivity index (χ2n) is 6.80. The summed E-state index contributed by atoms with van der Waals surface area (Å²) < 4.78 is 5.71. The number of amides is 1. The number of pyridine rings is 1. The molecule has 1 heterocycles. The Morgan fingerprint density at radius 3 is 2.64 bits per heavy atom. The number of aryl methyl sites for hydroxylation is 1. The number of aliphatic hydroxyl groups excluding tert-OH is 1. The van der Waals surface area contributed by atoms with Crippen LogP contribution in [0.4, 0.5) is 0 Å². The molecule has 0 aliphatic rings. The van der Waals surface area contributed by atoms with Gasteiger partial charge in [-0.2, -0.15) is 0 Å². The first-order valence-electron chi connectivity index (χ1n) is 7.77. The molecule has 124 valence electrons. The van der Waals surface area contributed by atoms with E-state index < -0.39 is 6.10 Å². The van der Waals surface area contributed by atoms with E-state index in [1.54, 1.807) is 0 Å². The van der Waals surface area contributed by atoms with E-state index in [2.05, 4.69) is 10.3 Å². The molecule has 1 unspecified atom stereocenters. The molecule has 1 atom stereocenters. The van der Waals surface area contributed by atoms with E-state index in [-0.39, 0.29) is 24.0 Å². The number of nitrogens with zero attached hydrogens (tertiary/aromatic N) is 1. The zero-order valence-electron chi connectivity index (χ0n) is 14.2. The summed E-state index contributed by atoms with van der Waals surface area (Å²) in [6.45, 7) is 10.0. The van der Waals surface area contributed by atoms with Crippen LogP contribution >= 0.6 is 0 Å². The lowest BCUT2D eigenvalue weighted by molar-refractivity contribution is -0.121. The van der Waals surface area contributed by atoms with Crippen molar-refractivity contribution in [3.05, 3.63) is 23.9 Å². The summed E-state index contributed by atoms with van der Waals surface area (Å²) in [5, 5.41) is 12.4. The molecule has 5 heteroatoms. The molecule has 0 aliphatic heterocycles. The summed E-state index contributed by atoms with van der Waals surface area (Å²) in [5.74, 6) is 0.623. The van der Waals surface area contributed by atoms with Crippen molar-refractivity contribution in [2.24, 2.45) is 5.92 Å². The van der Waals surface area contributed by atoms with Crippen molar-refractivity contribution >= 4 is 5.91 Å². The van der Waals surface area contributed by atoms with Gasteiger partial charge in [-0.1, -0.05) is 19.9 Å². The van der Waals surface area contributed by atoms with Crippen LogP contribution in [0.15, 0.2) is 18.2 Å². The average Bonchev–Trinajstić information content (AvgIpc) is 2.40. The largest absolute Gasteiger partial charge is 0.472 e. The van der Waals surface area contributed by atoms with Crippen LogP contribution in [0, 0.1) is 5.92 Å². The molecule has 0 bridgehead atoms. The fraction of sp³-hybridized carbons (Fsp3) is 0.647. The van der Waals surface area contributed by atoms with Crippen molar-refractivity contribution in [3.63, 3.8) is 0 Å². The highest BCUT2D eigenvalue weighted by Crippen LogP contribution is 2.16. The van der Waals surface area contributed by atoms with Gasteiger partial charge >= 0.3 is 0 Å². The van der Waals surface area contributed by atoms with E-state index in [0.29, 0.717) is 18.7 Å². The molecular weight excluding hydrogens is 280 g/mol. The third-order valence-corrected chi connectivity index (χ3v) is 3.08. The average molecular weight is 308 g/mol. The monoisotopic (exact) mass is 308 g/mol. The van der Waals surface area contributed by atoms with Gasteiger partial charge in [0.05, 0.1) is 6.10 Å². The summed E-state index contributed by atoms with van der Waals surface area (Å²) in [5.41, 5.74) is 0.525. The van der Waals surface area contributed by atoms with Gasteiger partial charge in [0.1, 0.15) is 5.60 Å². The minimum atomic E-state index is -0.509. The molecule has 0 saturated heterocycles. The molecule has 1 aromatic heterocycles. The Bertz CT molecular complexity index is 481. The minimum absolute atomic E-state index is 0.0800. The Hall–Kier alpha value is -1.62. The molecule has 1 amide bonds. The van der Waals surface area contributed by atoms with Crippen LogP contribution in [0.2, 0.25) is 0 Å². The fourth-order valence-electron chi connectivity index (χ4n) is 1.75. The van der Waals surface area contributed by atoms with Crippen LogP contribution in [-0.4, -0.2) is 34.2 Å². The lowest BCUT2D eigenvalue weighted by Crippen LogP contribution is -2.34. The van der Waals surface area contributed by atoms with E-state index in [4.69, 9.17) is 4.74 Å². The van der Waals surface area contributed by atoms with Crippen LogP contribution in [0.5, 0.6) is 5.88 Å². The predicted octanol–water partition coefficient (Wildman–Crippen LogP) is 2.32. The van der Waals surface area contributed by atoms with Crippen molar-refractivity contribution < 1.29 is 14.6 Å². The number of ether oxygens (including phenoxy) is 1. The number of aromatic nitrogens is 1. The molecule has 0 spiro atoms. The zero-order chi connectivity index (χ0) is 16.8. The van der Waals surface area contributed by atoms with Crippen LogP contribution in [0.25, 0.3) is 0 Å². The first-order valence-corrected chi connectivity index (χ1v) is 7.77. The highest BCUT2D eigenvalue weighted by atomic mass is 16.5. The first kappa shape index (κ1) is 18.4. The Morgan fingerprint density at radius 1 is 1.36 bits per heavy atom. The first-order chi connectivity index (χ1) is 10.2. The highest BCUT2D eigenvalue weighted by molar-refractivity contribution is 5.76. The van der Waals surface area contributed by atoms with Crippen molar-refractivity contribution in [1.82, 2.24) is 10.3 Å². The summed E-state index contributed by atoms with van der Waals surface area (Å²) in [4.78, 5) is 16.2. The molecule has 0 aliphatic carbocycles. The number of carbonyl (C=O) groups is 1. The Morgan fingerprint density at radius 2 is 2.05 bits per heavy atom. The van der Waals surface area contributed by atoms with Gasteiger partial charge in [0, 0.05) is 24.7 Å². The molecule has 1 rings (SSSR count). The quantitative estimate of drug-likeness (QED) is 0.811. The Balaban J connectivity index is 2.44. The maximum atomic E-state index is 11.8. The molecule has 0 saturated carbocycles. The van der Waals surface area contributed by atoms with Crippen molar-refractivity contribution in [3.8, 4) is 5.88 Å². The van der Waals surface area contributed by atoms with Crippen molar-refractivity contribution in [2.45, 2.75) is 59.2 Å². The highest BCUT2D eigenvalue weighted by Gasteiger charge is 2.13. The van der Waals surface area contributed by atoms with Gasteiger partial charge in [0.2, 0.25) is 11.8 Å². The molecule has 0 radical (unpaired) electrons. The van der Waals surface area contributed by atoms with Crippen LogP contribution in [-0.2, 0) is 11.2 Å². The number of aliphatic hydroxyl groups is 1. The van der Waals surface area contributed by atoms with Gasteiger partial charge in [-0.3, -0.25) is 4.79 Å². The Labute approximate surface area is 133 Å². The molecule has 0 fully saturated rings. The SMILES string of the molecule is CC(C)C(O)CNC(=O)CCc1cccc(OC(C)(C)C)n1. The van der Waals surface area contributed by atoms with E-state index in [1.807, 2.05) is 52.8 Å². The van der Waals surface area contributed by atoms with Crippen molar-refractivity contribution in [2.75, 3.05) is 6.54 Å². The normalized spacial score (nSPS) is 13.0. The predicted molar refractivity (Wildman–Crippen MR) is 86.8 cm³/mol. The molecule has 22 heavy (non-hydrogen) atoms. The molecular formula is C17H28N2O3. The van der Waals surface area contributed by atoms with E-state index in [9.17, 15) is 9.90 Å². The minimum Gasteiger partial charge on any atom is -0.472 e. The number of hydrogen-bond donors (Lipinski definition) is 2. The second-order valence-corrected chi connectivity index (χ2v) is 6.80. The number of hydrogen-bond acceptors (Lipinski definition) is 4. The summed E-state index contributed by atoms with van der Waals surface area (Å²) in [6.07, 6.45) is 0.382. The van der Waals surface area contributed by atoms with Crippen molar-refractivity contribution in [1.29, 1.82) is 0 Å². The van der Waals surface area contributed by atoms with Gasteiger partial charge in [-0.05, 0) is 39.2 Å². The summed E-state index contributed by atoms with van der Waals surface area (Å²) in [6, 6.07) is 5.57. The molecule has 0 aromatic carbocycles. The zero-order valence-corrected chi connectivity index (χ0v) is 14.2. The van der Waals surface area contributed by atoms with E-state index >= 15 is 0 Å². The van der Waals surface area contributed by atoms with Crippen LogP contribution in [0.1, 0.15) is 46.7 Å². The maximum absolute atomic E-state index is 11.8. The smallest absolute Gasteiger partial charge is 0.220 e. The van der Waals surface area contributed by atoms with Gasteiger partial charge in [-0.25, -0.2) is 4.98 Å². The number of rotatable bonds is 7. The third-order valence-electron chi connectivity index (χ3n) is 3.08. The van der Waals surface area contributed by atoms with Crippen LogP contribution in [0.3, 0.4) is 0 Å². The lowest BCUT2D eigenvalue weighted by atomic mass is 10.1. The Kier molecular flexibility index (Phi) is 6.81. The lowest BCUT2D eigenvalue weighted by Gasteiger charge is -2.20. The summed E-state index contributed by atoms with van der Waals surface area (Å²) in [7, 11) is 0. The van der Waals surface area contributed by atoms with E-state index in [0.717, 1.165) is 5.69 Å². The standard InChI is InChI=1S/C17H28N2O3/c1-12(2)14(20)11-18-15(21)10-9-13-7-6-8-16(19-13)22-17(3,4)5/h6-8,12,14,20H,9-11H2,1-5H3,(H,18,21). The van der Waals surface area contributed by atoms with Gasteiger partial charge < -0.3 is 15.2 Å². The number of carbonyl (C=O) groups excluding carboxylic acids is 1. The van der Waals surface area contributed by atoms with Gasteiger partial charge in [0.15, 0.2) is 0 Å². The van der Waals surface area contributed by atoms with Crippen LogP contribution < -0.4 is 10.1 Å². The fourth-order valence-corrected chi connectivity index (χ4v) is 1.75. The molecule has 1 aromatic rings. The van der Waals surface area contributed by atoms with Gasteiger partial charge in [0.25, 0.3) is 0 Å². The number of nitrogens with one attached hydrogen (secondary N) is 1. The summed E-state index contributed by atoms with van der Waals surface area (Å²) >= 11 is 0. The second kappa shape index (κ2) is 8.13. The maximum Gasteiger partial charge on any atom is 0.220 e. The molecule has 5 nitrogen and oxygen atoms in total. The third kappa shape index (κ3) is 7.41.